The summed E-state index contributed by atoms with van der Waals surface area (Å²) in [5.74, 6) is 0.996. The maximum Gasteiger partial charge on any atom is 0.249 e. The minimum Gasteiger partial charge on any atom is -0.345 e. The minimum atomic E-state index is -0.278. The first kappa shape index (κ1) is 15.2. The van der Waals surface area contributed by atoms with E-state index in [2.05, 4.69) is 22.4 Å². The van der Waals surface area contributed by atoms with Gasteiger partial charge in [0.15, 0.2) is 0 Å². The van der Waals surface area contributed by atoms with Gasteiger partial charge in [-0.15, -0.1) is 0 Å². The highest BCUT2D eigenvalue weighted by Gasteiger charge is 2.17. The molecule has 0 saturated carbocycles. The average molecular weight is 287 g/mol. The zero-order valence-electron chi connectivity index (χ0n) is 12.7. The van der Waals surface area contributed by atoms with Crippen LogP contribution in [0.5, 0.6) is 0 Å². The standard InChI is InChI=1S/C16H21N3O2/c1-4-5-10-14(20)17-12(3)16-18-15(19-21-16)13-9-7-6-8-11(13)2/h6-9,12H,4-5,10H2,1-3H3,(H,17,20)/t12-/m1/s1. The Hall–Kier alpha value is -2.17. The molecule has 1 N–H and O–H groups in total. The van der Waals surface area contributed by atoms with Gasteiger partial charge in [0.2, 0.25) is 17.6 Å². The first-order valence-corrected chi connectivity index (χ1v) is 7.30. The van der Waals surface area contributed by atoms with Crippen molar-refractivity contribution < 1.29 is 9.32 Å². The molecule has 112 valence electrons. The van der Waals surface area contributed by atoms with Crippen LogP contribution in [0.1, 0.15) is 50.6 Å². The Morgan fingerprint density at radius 2 is 2.14 bits per heavy atom. The quantitative estimate of drug-likeness (QED) is 0.884. The molecule has 1 atom stereocenters. The number of aromatic nitrogens is 2. The van der Waals surface area contributed by atoms with Gasteiger partial charge in [-0.05, 0) is 25.8 Å². The van der Waals surface area contributed by atoms with E-state index < -0.39 is 0 Å². The molecule has 1 heterocycles. The van der Waals surface area contributed by atoms with Crippen LogP contribution in [-0.2, 0) is 4.79 Å². The van der Waals surface area contributed by atoms with Gasteiger partial charge in [0.25, 0.3) is 0 Å². The number of carbonyl (C=O) groups excluding carboxylic acids is 1. The van der Waals surface area contributed by atoms with Crippen LogP contribution >= 0.6 is 0 Å². The third-order valence-corrected chi connectivity index (χ3v) is 3.33. The van der Waals surface area contributed by atoms with E-state index in [9.17, 15) is 4.79 Å². The number of benzene rings is 1. The second-order valence-electron chi connectivity index (χ2n) is 5.16. The number of carbonyl (C=O) groups is 1. The van der Waals surface area contributed by atoms with E-state index >= 15 is 0 Å². The molecule has 1 amide bonds. The number of nitrogens with one attached hydrogen (secondary N) is 1. The minimum absolute atomic E-state index is 0.0139. The number of rotatable bonds is 6. The topological polar surface area (TPSA) is 68.0 Å². The first-order chi connectivity index (χ1) is 10.1. The van der Waals surface area contributed by atoms with Crippen LogP contribution in [-0.4, -0.2) is 16.0 Å². The van der Waals surface area contributed by atoms with Gasteiger partial charge in [-0.2, -0.15) is 4.98 Å². The first-order valence-electron chi connectivity index (χ1n) is 7.30. The lowest BCUT2D eigenvalue weighted by atomic mass is 10.1. The van der Waals surface area contributed by atoms with Gasteiger partial charge in [0, 0.05) is 12.0 Å². The van der Waals surface area contributed by atoms with Crippen LogP contribution in [0.2, 0.25) is 0 Å². The van der Waals surface area contributed by atoms with E-state index in [0.717, 1.165) is 24.0 Å². The summed E-state index contributed by atoms with van der Waals surface area (Å²) in [5, 5.41) is 6.88. The van der Waals surface area contributed by atoms with Crippen molar-refractivity contribution in [3.05, 3.63) is 35.7 Å². The lowest BCUT2D eigenvalue weighted by molar-refractivity contribution is -0.122. The van der Waals surface area contributed by atoms with Crippen molar-refractivity contribution in [3.63, 3.8) is 0 Å². The van der Waals surface area contributed by atoms with Gasteiger partial charge in [-0.1, -0.05) is 42.8 Å². The van der Waals surface area contributed by atoms with Crippen molar-refractivity contribution in [3.8, 4) is 11.4 Å². The van der Waals surface area contributed by atoms with Crippen LogP contribution < -0.4 is 5.32 Å². The van der Waals surface area contributed by atoms with Crippen molar-refractivity contribution in [1.29, 1.82) is 0 Å². The molecule has 0 spiro atoms. The Bertz CT molecular complexity index is 607. The molecule has 5 heteroatoms. The average Bonchev–Trinajstić information content (AvgIpc) is 2.95. The number of nitrogens with zero attached hydrogens (tertiary/aromatic N) is 2. The van der Waals surface area contributed by atoms with Gasteiger partial charge in [-0.3, -0.25) is 4.79 Å². The predicted octanol–water partition coefficient (Wildman–Crippen LogP) is 3.41. The lowest BCUT2D eigenvalue weighted by Crippen LogP contribution is -2.26. The normalized spacial score (nSPS) is 12.1. The predicted molar refractivity (Wildman–Crippen MR) is 80.6 cm³/mol. The Morgan fingerprint density at radius 3 is 2.86 bits per heavy atom. The van der Waals surface area contributed by atoms with Crippen molar-refractivity contribution in [2.24, 2.45) is 0 Å². The zero-order chi connectivity index (χ0) is 15.2. The molecular formula is C16H21N3O2. The van der Waals surface area contributed by atoms with Gasteiger partial charge in [0.1, 0.15) is 6.04 Å². The Balaban J connectivity index is 2.06. The van der Waals surface area contributed by atoms with Crippen LogP contribution in [0.25, 0.3) is 11.4 Å². The summed E-state index contributed by atoms with van der Waals surface area (Å²) in [6, 6.07) is 7.58. The third kappa shape index (κ3) is 3.90. The Kier molecular flexibility index (Phi) is 5.09. The highest BCUT2D eigenvalue weighted by molar-refractivity contribution is 5.76. The fourth-order valence-corrected chi connectivity index (χ4v) is 2.06. The third-order valence-electron chi connectivity index (χ3n) is 3.33. The van der Waals surface area contributed by atoms with Gasteiger partial charge >= 0.3 is 0 Å². The fourth-order valence-electron chi connectivity index (χ4n) is 2.06. The summed E-state index contributed by atoms with van der Waals surface area (Å²) in [5.41, 5.74) is 2.03. The van der Waals surface area contributed by atoms with Crippen molar-refractivity contribution in [1.82, 2.24) is 15.5 Å². The van der Waals surface area contributed by atoms with E-state index in [4.69, 9.17) is 4.52 Å². The molecule has 0 aliphatic rings. The number of amides is 1. The van der Waals surface area contributed by atoms with E-state index in [1.807, 2.05) is 38.1 Å². The molecule has 0 aliphatic carbocycles. The van der Waals surface area contributed by atoms with Gasteiger partial charge < -0.3 is 9.84 Å². The van der Waals surface area contributed by atoms with Gasteiger partial charge in [0.05, 0.1) is 0 Å². The largest absolute Gasteiger partial charge is 0.345 e. The molecule has 0 aliphatic heterocycles. The molecule has 5 nitrogen and oxygen atoms in total. The van der Waals surface area contributed by atoms with E-state index in [-0.39, 0.29) is 11.9 Å². The van der Waals surface area contributed by atoms with Crippen LogP contribution in [0.4, 0.5) is 0 Å². The fraction of sp³-hybridized carbons (Fsp3) is 0.438. The van der Waals surface area contributed by atoms with E-state index in [1.54, 1.807) is 0 Å². The molecule has 1 aromatic heterocycles. The Morgan fingerprint density at radius 1 is 1.38 bits per heavy atom. The molecular weight excluding hydrogens is 266 g/mol. The maximum absolute atomic E-state index is 11.7. The monoisotopic (exact) mass is 287 g/mol. The molecule has 1 aromatic carbocycles. The van der Waals surface area contributed by atoms with Crippen molar-refractivity contribution in [2.75, 3.05) is 0 Å². The lowest BCUT2D eigenvalue weighted by Gasteiger charge is -2.08. The van der Waals surface area contributed by atoms with Crippen molar-refractivity contribution >= 4 is 5.91 Å². The molecule has 0 unspecified atom stereocenters. The van der Waals surface area contributed by atoms with Crippen LogP contribution in [0, 0.1) is 6.92 Å². The summed E-state index contributed by atoms with van der Waals surface area (Å²) in [7, 11) is 0. The summed E-state index contributed by atoms with van der Waals surface area (Å²) < 4.78 is 5.27. The Labute approximate surface area is 124 Å². The number of hydrogen-bond acceptors (Lipinski definition) is 4. The summed E-state index contributed by atoms with van der Waals surface area (Å²) in [6.45, 7) is 5.91. The van der Waals surface area contributed by atoms with Gasteiger partial charge in [-0.25, -0.2) is 0 Å². The molecule has 2 rings (SSSR count). The molecule has 21 heavy (non-hydrogen) atoms. The van der Waals surface area contributed by atoms with Crippen LogP contribution in [0.15, 0.2) is 28.8 Å². The zero-order valence-corrected chi connectivity index (χ0v) is 12.7. The smallest absolute Gasteiger partial charge is 0.249 e. The number of aryl methyl sites for hydroxylation is 1. The number of hydrogen-bond donors (Lipinski definition) is 1. The van der Waals surface area contributed by atoms with E-state index in [0.29, 0.717) is 18.1 Å². The molecule has 0 fully saturated rings. The molecule has 2 aromatic rings. The molecule has 0 radical (unpaired) electrons. The highest BCUT2D eigenvalue weighted by Crippen LogP contribution is 2.21. The second-order valence-corrected chi connectivity index (χ2v) is 5.16. The summed E-state index contributed by atoms with van der Waals surface area (Å²) >= 11 is 0. The van der Waals surface area contributed by atoms with Crippen LogP contribution in [0.3, 0.4) is 0 Å². The van der Waals surface area contributed by atoms with Crippen molar-refractivity contribution in [2.45, 2.75) is 46.1 Å². The highest BCUT2D eigenvalue weighted by atomic mass is 16.5. The maximum atomic E-state index is 11.7. The number of unbranched alkanes of at least 4 members (excludes halogenated alkanes) is 1. The molecule has 0 saturated heterocycles. The molecule has 0 bridgehead atoms. The van der Waals surface area contributed by atoms with E-state index in [1.165, 1.54) is 0 Å². The SMILES string of the molecule is CCCCC(=O)N[C@H](C)c1nc(-c2ccccc2C)no1. The second kappa shape index (κ2) is 7.02. The summed E-state index contributed by atoms with van der Waals surface area (Å²) in [6.07, 6.45) is 2.41. The summed E-state index contributed by atoms with van der Waals surface area (Å²) in [4.78, 5) is 16.1.